The summed E-state index contributed by atoms with van der Waals surface area (Å²) in [7, 11) is 0. The minimum Gasteiger partial charge on any atom is -0.444 e. The molecule has 0 spiro atoms. The van der Waals surface area contributed by atoms with Crippen molar-refractivity contribution in [3.05, 3.63) is 64.2 Å². The highest BCUT2D eigenvalue weighted by atomic mass is 35.5. The largest absolute Gasteiger partial charge is 0.444 e. The van der Waals surface area contributed by atoms with Crippen LogP contribution in [0.2, 0.25) is 5.02 Å². The minimum atomic E-state index is -1.03. The van der Waals surface area contributed by atoms with Crippen LogP contribution in [0.3, 0.4) is 0 Å². The van der Waals surface area contributed by atoms with Gasteiger partial charge in [0.1, 0.15) is 17.7 Å². The highest BCUT2D eigenvalue weighted by Crippen LogP contribution is 2.33. The SMILES string of the molecule is Cc1cccc(C(C(=O)Nc2c(C)cccc2Cl)N(C(=O)C(CS)NC(=O)OC(C)(C)C)C(C)(C)C)c1. The summed E-state index contributed by atoms with van der Waals surface area (Å²) in [6.45, 7) is 14.5. The minimum absolute atomic E-state index is 0.0104. The smallest absolute Gasteiger partial charge is 0.408 e. The highest BCUT2D eigenvalue weighted by molar-refractivity contribution is 7.80. The van der Waals surface area contributed by atoms with Gasteiger partial charge in [0, 0.05) is 11.3 Å². The van der Waals surface area contributed by atoms with Crippen molar-refractivity contribution in [2.45, 2.75) is 78.6 Å². The Hall–Kier alpha value is -2.71. The number of ether oxygens (including phenoxy) is 1. The number of thiol groups is 1. The van der Waals surface area contributed by atoms with Gasteiger partial charge in [-0.3, -0.25) is 9.59 Å². The number of halogens is 1. The van der Waals surface area contributed by atoms with Crippen molar-refractivity contribution in [3.8, 4) is 0 Å². The lowest BCUT2D eigenvalue weighted by molar-refractivity contribution is -0.146. The Bertz CT molecular complexity index is 1120. The van der Waals surface area contributed by atoms with Crippen LogP contribution in [0.5, 0.6) is 0 Å². The molecule has 7 nitrogen and oxygen atoms in total. The van der Waals surface area contributed by atoms with Crippen molar-refractivity contribution in [2.24, 2.45) is 0 Å². The number of nitrogens with one attached hydrogen (secondary N) is 2. The summed E-state index contributed by atoms with van der Waals surface area (Å²) in [5, 5.41) is 5.95. The van der Waals surface area contributed by atoms with Gasteiger partial charge in [0.2, 0.25) is 5.91 Å². The van der Waals surface area contributed by atoms with Gasteiger partial charge in [0.15, 0.2) is 0 Å². The van der Waals surface area contributed by atoms with Crippen LogP contribution in [0, 0.1) is 13.8 Å². The van der Waals surface area contributed by atoms with Gasteiger partial charge in [-0.05, 0) is 72.6 Å². The molecule has 0 heterocycles. The molecule has 2 unspecified atom stereocenters. The number of rotatable bonds is 7. The molecule has 9 heteroatoms. The van der Waals surface area contributed by atoms with Crippen LogP contribution in [-0.4, -0.2) is 45.7 Å². The molecular weight excluding hydrogens is 510 g/mol. The number of carbonyl (C=O) groups excluding carboxylic acids is 3. The molecule has 0 saturated carbocycles. The lowest BCUT2D eigenvalue weighted by Crippen LogP contribution is -2.58. The summed E-state index contributed by atoms with van der Waals surface area (Å²) < 4.78 is 5.35. The average molecular weight is 548 g/mol. The molecule has 202 valence electrons. The van der Waals surface area contributed by atoms with E-state index in [2.05, 4.69) is 23.3 Å². The van der Waals surface area contributed by atoms with E-state index in [1.54, 1.807) is 39.0 Å². The maximum Gasteiger partial charge on any atom is 0.408 e. The van der Waals surface area contributed by atoms with Crippen molar-refractivity contribution >= 4 is 47.8 Å². The fourth-order valence-corrected chi connectivity index (χ4v) is 4.40. The fraction of sp³-hybridized carbons (Fsp3) is 0.464. The van der Waals surface area contributed by atoms with Crippen molar-refractivity contribution in [1.29, 1.82) is 0 Å². The first-order valence-electron chi connectivity index (χ1n) is 12.1. The van der Waals surface area contributed by atoms with Crippen LogP contribution >= 0.6 is 24.2 Å². The Morgan fingerprint density at radius 2 is 1.65 bits per heavy atom. The van der Waals surface area contributed by atoms with E-state index in [-0.39, 0.29) is 5.75 Å². The zero-order chi connectivity index (χ0) is 28.1. The quantitative estimate of drug-likeness (QED) is 0.366. The van der Waals surface area contributed by atoms with Crippen molar-refractivity contribution in [1.82, 2.24) is 10.2 Å². The van der Waals surface area contributed by atoms with Crippen LogP contribution in [0.15, 0.2) is 42.5 Å². The number of amides is 3. The van der Waals surface area contributed by atoms with Gasteiger partial charge in [0.25, 0.3) is 5.91 Å². The first-order chi connectivity index (χ1) is 17.0. The predicted molar refractivity (Wildman–Crippen MR) is 152 cm³/mol. The molecule has 0 aliphatic rings. The average Bonchev–Trinajstić information content (AvgIpc) is 2.75. The van der Waals surface area contributed by atoms with Gasteiger partial charge < -0.3 is 20.3 Å². The number of benzene rings is 2. The normalized spacial score (nSPS) is 13.4. The van der Waals surface area contributed by atoms with E-state index in [9.17, 15) is 14.4 Å². The van der Waals surface area contributed by atoms with E-state index in [4.69, 9.17) is 16.3 Å². The number of anilines is 1. The Morgan fingerprint density at radius 3 is 2.16 bits per heavy atom. The maximum atomic E-state index is 14.0. The summed E-state index contributed by atoms with van der Waals surface area (Å²) in [6.07, 6.45) is -0.739. The molecular formula is C28H38ClN3O4S. The molecule has 0 saturated heterocycles. The zero-order valence-electron chi connectivity index (χ0n) is 22.8. The molecule has 0 aliphatic heterocycles. The van der Waals surface area contributed by atoms with E-state index in [1.807, 2.05) is 58.9 Å². The van der Waals surface area contributed by atoms with E-state index in [0.717, 1.165) is 11.1 Å². The molecule has 37 heavy (non-hydrogen) atoms. The fourth-order valence-electron chi connectivity index (χ4n) is 3.89. The number of hydrogen-bond donors (Lipinski definition) is 3. The number of aryl methyl sites for hydroxylation is 2. The number of hydrogen-bond acceptors (Lipinski definition) is 5. The van der Waals surface area contributed by atoms with Gasteiger partial charge >= 0.3 is 6.09 Å². The van der Waals surface area contributed by atoms with Crippen molar-refractivity contribution in [3.63, 3.8) is 0 Å². The zero-order valence-corrected chi connectivity index (χ0v) is 24.5. The van der Waals surface area contributed by atoms with E-state index in [0.29, 0.717) is 16.3 Å². The van der Waals surface area contributed by atoms with Gasteiger partial charge in [-0.1, -0.05) is 53.6 Å². The summed E-state index contributed by atoms with van der Waals surface area (Å²) in [5.74, 6) is -0.887. The third-order valence-corrected chi connectivity index (χ3v) is 6.15. The van der Waals surface area contributed by atoms with Crippen LogP contribution in [0.1, 0.15) is 64.3 Å². The lowest BCUT2D eigenvalue weighted by atomic mass is 9.94. The van der Waals surface area contributed by atoms with Crippen LogP contribution in [0.25, 0.3) is 0 Å². The molecule has 2 aromatic carbocycles. The third-order valence-electron chi connectivity index (χ3n) is 5.47. The van der Waals surface area contributed by atoms with Gasteiger partial charge in [-0.2, -0.15) is 12.6 Å². The molecule has 2 N–H and O–H groups in total. The van der Waals surface area contributed by atoms with Gasteiger partial charge in [-0.15, -0.1) is 0 Å². The first kappa shape index (κ1) is 30.5. The van der Waals surface area contributed by atoms with E-state index in [1.165, 1.54) is 4.90 Å². The second-order valence-corrected chi connectivity index (χ2v) is 11.8. The van der Waals surface area contributed by atoms with Crippen LogP contribution in [0.4, 0.5) is 10.5 Å². The highest BCUT2D eigenvalue weighted by Gasteiger charge is 2.41. The Morgan fingerprint density at radius 1 is 1.03 bits per heavy atom. The Balaban J connectivity index is 2.57. The van der Waals surface area contributed by atoms with Crippen molar-refractivity contribution in [2.75, 3.05) is 11.1 Å². The van der Waals surface area contributed by atoms with Crippen molar-refractivity contribution < 1.29 is 19.1 Å². The van der Waals surface area contributed by atoms with Gasteiger partial charge in [-0.25, -0.2) is 4.79 Å². The predicted octanol–water partition coefficient (Wildman–Crippen LogP) is 6.09. The summed E-state index contributed by atoms with van der Waals surface area (Å²) >= 11 is 10.7. The first-order valence-corrected chi connectivity index (χ1v) is 13.1. The molecule has 0 bridgehead atoms. The number of carbonyl (C=O) groups is 3. The topological polar surface area (TPSA) is 87.7 Å². The summed E-state index contributed by atoms with van der Waals surface area (Å²) in [5.41, 5.74) is 1.27. The number of nitrogens with zero attached hydrogens (tertiary/aromatic N) is 1. The standard InChI is InChI=1S/C28H38ClN3O4S/c1-17-11-9-13-19(15-17)23(24(33)31-22-18(2)12-10-14-20(22)29)32(27(3,4)5)25(34)21(16-37)30-26(35)36-28(6,7)8/h9-15,21,23,37H,16H2,1-8H3,(H,30,35)(H,31,33). The maximum absolute atomic E-state index is 14.0. The van der Waals surface area contributed by atoms with Crippen LogP contribution in [-0.2, 0) is 14.3 Å². The van der Waals surface area contributed by atoms with Crippen LogP contribution < -0.4 is 10.6 Å². The number of para-hydroxylation sites is 1. The van der Waals surface area contributed by atoms with Gasteiger partial charge in [0.05, 0.1) is 10.7 Å². The monoisotopic (exact) mass is 547 g/mol. The van der Waals surface area contributed by atoms with E-state index >= 15 is 0 Å². The lowest BCUT2D eigenvalue weighted by Gasteiger charge is -2.43. The molecule has 2 atom stereocenters. The second-order valence-electron chi connectivity index (χ2n) is 11.0. The van der Waals surface area contributed by atoms with E-state index < -0.39 is 41.1 Å². The molecule has 3 amide bonds. The second kappa shape index (κ2) is 12.2. The summed E-state index contributed by atoms with van der Waals surface area (Å²) in [6, 6.07) is 10.7. The molecule has 2 rings (SSSR count). The molecule has 0 fully saturated rings. The number of alkyl carbamates (subject to hydrolysis) is 1. The Kier molecular flexibility index (Phi) is 10.1. The summed E-state index contributed by atoms with van der Waals surface area (Å²) in [4.78, 5) is 42.0. The Labute approximate surface area is 230 Å². The molecule has 0 aliphatic carbocycles. The third kappa shape index (κ3) is 8.40. The molecule has 0 aromatic heterocycles. The molecule has 2 aromatic rings. The molecule has 0 radical (unpaired) electrons.